The van der Waals surface area contributed by atoms with Crippen molar-refractivity contribution in [1.29, 1.82) is 0 Å². The molecule has 0 aliphatic carbocycles. The minimum absolute atomic E-state index is 0.00299. The molecule has 0 fully saturated rings. The lowest BCUT2D eigenvalue weighted by Crippen LogP contribution is -2.31. The van der Waals surface area contributed by atoms with Crippen LogP contribution in [0.4, 0.5) is 5.13 Å². The van der Waals surface area contributed by atoms with Crippen LogP contribution in [0.5, 0.6) is 11.5 Å². The molecule has 1 unspecified atom stereocenters. The topological polar surface area (TPSA) is 115 Å². The Balaban J connectivity index is 1.39. The van der Waals surface area contributed by atoms with E-state index in [1.165, 1.54) is 35.1 Å². The van der Waals surface area contributed by atoms with E-state index in [-0.39, 0.29) is 16.5 Å². The smallest absolute Gasteiger partial charge is 0.296 e. The van der Waals surface area contributed by atoms with E-state index in [0.717, 1.165) is 10.9 Å². The van der Waals surface area contributed by atoms with E-state index in [4.69, 9.17) is 25.5 Å². The maximum absolute atomic E-state index is 14.0. The Hall–Kier alpha value is -4.32. The average molecular weight is 634 g/mol. The van der Waals surface area contributed by atoms with E-state index in [1.807, 2.05) is 43.3 Å². The first-order chi connectivity index (χ1) is 20.9. The molecule has 1 amide bonds. The number of benzene rings is 3. The third-order valence-corrected chi connectivity index (χ3v) is 9.16. The normalized spacial score (nSPS) is 15.0. The molecule has 3 heterocycles. The van der Waals surface area contributed by atoms with Gasteiger partial charge in [-0.2, -0.15) is 0 Å². The van der Waals surface area contributed by atoms with Gasteiger partial charge in [0.1, 0.15) is 5.58 Å². The van der Waals surface area contributed by atoms with Crippen LogP contribution in [-0.2, 0) is 10.5 Å². The van der Waals surface area contributed by atoms with Gasteiger partial charge in [0, 0.05) is 16.2 Å². The third kappa shape index (κ3) is 5.58. The number of para-hydroxylation sites is 1. The number of hydrogen-bond donors (Lipinski definition) is 1. The van der Waals surface area contributed by atoms with Crippen LogP contribution in [0.3, 0.4) is 0 Å². The van der Waals surface area contributed by atoms with Crippen LogP contribution in [0.25, 0.3) is 11.0 Å². The molecule has 1 atom stereocenters. The van der Waals surface area contributed by atoms with Gasteiger partial charge in [0.2, 0.25) is 10.9 Å². The molecule has 0 saturated heterocycles. The molecular weight excluding hydrogens is 610 g/mol. The van der Waals surface area contributed by atoms with E-state index in [2.05, 4.69) is 10.2 Å². The summed E-state index contributed by atoms with van der Waals surface area (Å²) in [4.78, 5) is 28.9. The number of ketones is 1. The molecular formula is C31H24ClN3O6S2. The number of methoxy groups -OCH3 is 1. The summed E-state index contributed by atoms with van der Waals surface area (Å²) in [7, 11) is 1.50. The standard InChI is InChI=1S/C31H24ClN3O6S2/c1-3-40-22-13-10-19(15-23(22)39-2)26-25(27(36)24-14-18-6-4-5-7-21(18)41-24)28(37)29(38)35(26)30-33-34-31(43-30)42-16-17-8-11-20(32)12-9-17/h4-15,26,37H,3,16H2,1-2H3. The van der Waals surface area contributed by atoms with Crippen molar-refractivity contribution in [2.24, 2.45) is 0 Å². The highest BCUT2D eigenvalue weighted by molar-refractivity contribution is 8.00. The molecule has 0 radical (unpaired) electrons. The van der Waals surface area contributed by atoms with Gasteiger partial charge in [-0.1, -0.05) is 71.1 Å². The molecule has 0 saturated carbocycles. The predicted octanol–water partition coefficient (Wildman–Crippen LogP) is 7.42. The van der Waals surface area contributed by atoms with Crippen molar-refractivity contribution >= 4 is 62.5 Å². The second-order valence-corrected chi connectivity index (χ2v) is 12.0. The number of halogens is 1. The molecule has 5 aromatic rings. The fourth-order valence-corrected chi connectivity index (χ4v) is 6.74. The summed E-state index contributed by atoms with van der Waals surface area (Å²) in [6.07, 6.45) is 0. The van der Waals surface area contributed by atoms with Crippen molar-refractivity contribution < 1.29 is 28.6 Å². The number of anilines is 1. The summed E-state index contributed by atoms with van der Waals surface area (Å²) in [6, 6.07) is 20.3. The lowest BCUT2D eigenvalue weighted by molar-refractivity contribution is -0.117. The SMILES string of the molecule is CCOc1ccc(C2C(C(=O)c3cc4ccccc4o3)=C(O)C(=O)N2c2nnc(SCc3ccc(Cl)cc3)s2)cc1OC. The van der Waals surface area contributed by atoms with Crippen molar-refractivity contribution in [3.8, 4) is 11.5 Å². The number of nitrogens with zero attached hydrogens (tertiary/aromatic N) is 3. The Morgan fingerprint density at radius 1 is 1.09 bits per heavy atom. The zero-order valence-corrected chi connectivity index (χ0v) is 25.3. The summed E-state index contributed by atoms with van der Waals surface area (Å²) >= 11 is 8.63. The highest BCUT2D eigenvalue weighted by Gasteiger charge is 2.47. The molecule has 0 spiro atoms. The number of ether oxygens (including phenoxy) is 2. The van der Waals surface area contributed by atoms with Crippen molar-refractivity contribution in [3.63, 3.8) is 0 Å². The zero-order valence-electron chi connectivity index (χ0n) is 22.9. The van der Waals surface area contributed by atoms with Crippen LogP contribution >= 0.6 is 34.7 Å². The van der Waals surface area contributed by atoms with E-state index in [9.17, 15) is 14.7 Å². The molecule has 12 heteroatoms. The average Bonchev–Trinajstić information content (AvgIpc) is 3.73. The van der Waals surface area contributed by atoms with Crippen LogP contribution < -0.4 is 14.4 Å². The number of furan rings is 1. The number of amides is 1. The van der Waals surface area contributed by atoms with Crippen LogP contribution in [-0.4, -0.2) is 40.7 Å². The first-order valence-electron chi connectivity index (χ1n) is 13.2. The van der Waals surface area contributed by atoms with Crippen LogP contribution in [0, 0.1) is 0 Å². The fourth-order valence-electron chi connectivity index (χ4n) is 4.79. The van der Waals surface area contributed by atoms with E-state index in [0.29, 0.717) is 44.4 Å². The molecule has 9 nitrogen and oxygen atoms in total. The van der Waals surface area contributed by atoms with E-state index in [1.54, 1.807) is 36.4 Å². The highest BCUT2D eigenvalue weighted by atomic mass is 35.5. The number of hydrogen-bond acceptors (Lipinski definition) is 10. The fraction of sp³-hybridized carbons (Fsp3) is 0.161. The molecule has 1 N–H and O–H groups in total. The Morgan fingerprint density at radius 3 is 2.63 bits per heavy atom. The first kappa shape index (κ1) is 28.8. The molecule has 3 aromatic carbocycles. The molecule has 0 bridgehead atoms. The molecule has 1 aliphatic heterocycles. The van der Waals surface area contributed by atoms with Crippen molar-refractivity contribution in [2.45, 2.75) is 23.1 Å². The highest BCUT2D eigenvalue weighted by Crippen LogP contribution is 2.45. The lowest BCUT2D eigenvalue weighted by atomic mass is 9.95. The monoisotopic (exact) mass is 633 g/mol. The van der Waals surface area contributed by atoms with Crippen molar-refractivity contribution in [1.82, 2.24) is 10.2 Å². The number of aromatic nitrogens is 2. The van der Waals surface area contributed by atoms with Gasteiger partial charge in [-0.25, -0.2) is 0 Å². The Morgan fingerprint density at radius 2 is 1.88 bits per heavy atom. The Kier molecular flexibility index (Phi) is 8.11. The van der Waals surface area contributed by atoms with Crippen molar-refractivity contribution in [2.75, 3.05) is 18.6 Å². The maximum atomic E-state index is 14.0. The molecule has 218 valence electrons. The van der Waals surface area contributed by atoms with Gasteiger partial charge in [0.25, 0.3) is 5.91 Å². The number of fused-ring (bicyclic) bond motifs is 1. The number of rotatable bonds is 10. The van der Waals surface area contributed by atoms with Crippen LogP contribution in [0.2, 0.25) is 5.02 Å². The van der Waals surface area contributed by atoms with Gasteiger partial charge in [0.05, 0.1) is 25.3 Å². The third-order valence-electron chi connectivity index (χ3n) is 6.78. The summed E-state index contributed by atoms with van der Waals surface area (Å²) < 4.78 is 17.7. The minimum Gasteiger partial charge on any atom is -0.503 e. The van der Waals surface area contributed by atoms with Gasteiger partial charge in [-0.3, -0.25) is 14.5 Å². The lowest BCUT2D eigenvalue weighted by Gasteiger charge is -2.24. The maximum Gasteiger partial charge on any atom is 0.296 e. The summed E-state index contributed by atoms with van der Waals surface area (Å²) in [5.41, 5.74) is 1.92. The number of aliphatic hydroxyl groups excluding tert-OH is 1. The largest absolute Gasteiger partial charge is 0.503 e. The second-order valence-electron chi connectivity index (χ2n) is 9.43. The Labute approximate surface area is 259 Å². The molecule has 43 heavy (non-hydrogen) atoms. The van der Waals surface area contributed by atoms with Gasteiger partial charge < -0.3 is 19.0 Å². The molecule has 2 aromatic heterocycles. The van der Waals surface area contributed by atoms with Gasteiger partial charge in [-0.05, 0) is 54.4 Å². The summed E-state index contributed by atoms with van der Waals surface area (Å²) in [6.45, 7) is 2.27. The van der Waals surface area contributed by atoms with Crippen LogP contribution in [0.1, 0.15) is 34.6 Å². The van der Waals surface area contributed by atoms with Gasteiger partial charge >= 0.3 is 0 Å². The second kappa shape index (κ2) is 12.1. The summed E-state index contributed by atoms with van der Waals surface area (Å²) in [5.74, 6) is -0.569. The summed E-state index contributed by atoms with van der Waals surface area (Å²) in [5, 5.41) is 21.3. The number of carbonyl (C=O) groups excluding carboxylic acids is 2. The molecule has 6 rings (SSSR count). The Bertz CT molecular complexity index is 1830. The quantitative estimate of drug-likeness (QED) is 0.0953. The number of thioether (sulfide) groups is 1. The van der Waals surface area contributed by atoms with Crippen molar-refractivity contribution in [3.05, 3.63) is 106 Å². The number of aliphatic hydroxyl groups is 1. The van der Waals surface area contributed by atoms with Gasteiger partial charge in [0.15, 0.2) is 27.4 Å². The molecule has 1 aliphatic rings. The van der Waals surface area contributed by atoms with Crippen LogP contribution in [0.15, 0.2) is 92.9 Å². The van der Waals surface area contributed by atoms with Gasteiger partial charge in [-0.15, -0.1) is 10.2 Å². The predicted molar refractivity (Wildman–Crippen MR) is 166 cm³/mol. The van der Waals surface area contributed by atoms with E-state index < -0.39 is 23.5 Å². The minimum atomic E-state index is -1.04. The van der Waals surface area contributed by atoms with E-state index >= 15 is 0 Å². The number of Topliss-reactive ketones (excluding diaryl/α,β-unsaturated/α-hetero) is 1. The number of carbonyl (C=O) groups is 2. The zero-order chi connectivity index (χ0) is 30.1. The first-order valence-corrected chi connectivity index (χ1v) is 15.4.